The number of nitrogen functional groups attached to an aromatic ring is 2. The molecule has 1 aliphatic carbocycles. The molecule has 3 fully saturated rings. The standard InChI is InChI=1S/C34H46FN9O13P2/c1-33(2,3)31(45)49-16-53-58(47)51-11-18-9-20(43-14-42-26-28(37)39-13-40-30(26)43)24(35)27(18)57-59(48,54-17-50-32(46)34(4,5)6)52-12-22-21(56-58)10-23(55-22)44-15-41-25-19(36)7-8-38-29(25)44/h7-8,13-15,18,20-24,27H,9-12,16-17H2,1-6H3,(H2,36,38)(H2,37,39,40)/t18-,20-,21-,22-,23-,24?,27+,58?,59?/m1/s1. The van der Waals surface area contributed by atoms with Crippen molar-refractivity contribution < 1.29 is 64.5 Å². The highest BCUT2D eigenvalue weighted by Crippen LogP contribution is 2.59. The molecule has 9 atom stereocenters. The van der Waals surface area contributed by atoms with Crippen molar-refractivity contribution in [2.75, 3.05) is 38.3 Å². The molecule has 2 aliphatic heterocycles. The van der Waals surface area contributed by atoms with E-state index in [1.165, 1.54) is 29.7 Å². The highest BCUT2D eigenvalue weighted by molar-refractivity contribution is 7.48. The quantitative estimate of drug-likeness (QED) is 0.137. The summed E-state index contributed by atoms with van der Waals surface area (Å²) in [6.45, 7) is 6.74. The molecule has 4 aromatic rings. The van der Waals surface area contributed by atoms with E-state index in [9.17, 15) is 18.7 Å². The van der Waals surface area contributed by atoms with Crippen LogP contribution in [0.1, 0.15) is 66.7 Å². The Morgan fingerprint density at radius 3 is 2.10 bits per heavy atom. The molecule has 25 heteroatoms. The van der Waals surface area contributed by atoms with Crippen LogP contribution in [0.25, 0.3) is 22.3 Å². The van der Waals surface area contributed by atoms with Crippen LogP contribution in [0.5, 0.6) is 0 Å². The number of hydrogen-bond acceptors (Lipinski definition) is 20. The Labute approximate surface area is 336 Å². The summed E-state index contributed by atoms with van der Waals surface area (Å²) in [5.41, 5.74) is 11.7. The number of phosphoric acid groups is 2. The van der Waals surface area contributed by atoms with Crippen molar-refractivity contribution in [1.29, 1.82) is 0 Å². The molecule has 6 heterocycles. The number of fused-ring (bicyclic) bond motifs is 4. The van der Waals surface area contributed by atoms with Crippen molar-refractivity contribution in [2.45, 2.75) is 91.1 Å². The van der Waals surface area contributed by atoms with Gasteiger partial charge in [-0.25, -0.2) is 47.5 Å². The summed E-state index contributed by atoms with van der Waals surface area (Å²) in [5.74, 6) is -2.36. The summed E-state index contributed by atoms with van der Waals surface area (Å²) in [4.78, 5) is 46.3. The minimum atomic E-state index is -4.88. The molecule has 0 aromatic carbocycles. The maximum atomic E-state index is 16.9. The summed E-state index contributed by atoms with van der Waals surface area (Å²) < 4.78 is 101. The second-order valence-corrected chi connectivity index (χ2v) is 19.5. The van der Waals surface area contributed by atoms with Gasteiger partial charge in [0, 0.05) is 18.5 Å². The van der Waals surface area contributed by atoms with E-state index in [-0.39, 0.29) is 29.8 Å². The fourth-order valence-corrected chi connectivity index (χ4v) is 9.22. The lowest BCUT2D eigenvalue weighted by atomic mass is 9.98. The lowest BCUT2D eigenvalue weighted by molar-refractivity contribution is -0.161. The molecule has 4 aromatic heterocycles. The van der Waals surface area contributed by atoms with Crippen molar-refractivity contribution >= 4 is 61.4 Å². The molecule has 0 amide bonds. The second-order valence-electron chi connectivity index (χ2n) is 16.2. The molecule has 59 heavy (non-hydrogen) atoms. The molecule has 22 nitrogen and oxygen atoms in total. The Bertz CT molecular complexity index is 2300. The number of anilines is 2. The number of esters is 2. The Morgan fingerprint density at radius 1 is 0.814 bits per heavy atom. The topological polar surface area (TPSA) is 278 Å². The van der Waals surface area contributed by atoms with Crippen molar-refractivity contribution in [2.24, 2.45) is 16.7 Å². The van der Waals surface area contributed by atoms with Gasteiger partial charge >= 0.3 is 27.6 Å². The van der Waals surface area contributed by atoms with Crippen LogP contribution >= 0.6 is 15.6 Å². The van der Waals surface area contributed by atoms with Gasteiger partial charge in [-0.2, -0.15) is 0 Å². The average molecular weight is 870 g/mol. The number of aromatic nitrogens is 7. The van der Waals surface area contributed by atoms with Gasteiger partial charge in [0.2, 0.25) is 13.6 Å². The third-order valence-corrected chi connectivity index (χ3v) is 12.6. The van der Waals surface area contributed by atoms with E-state index < -0.39 is 108 Å². The summed E-state index contributed by atoms with van der Waals surface area (Å²) >= 11 is 0. The Hall–Kier alpha value is -4.18. The number of ether oxygens (including phenoxy) is 3. The highest BCUT2D eigenvalue weighted by atomic mass is 31.2. The molecule has 4 N–H and O–H groups in total. The molecule has 0 spiro atoms. The number of rotatable bonds is 8. The third-order valence-electron chi connectivity index (χ3n) is 9.80. The minimum absolute atomic E-state index is 0.0525. The predicted octanol–water partition coefficient (Wildman–Crippen LogP) is 4.78. The second kappa shape index (κ2) is 16.4. The Morgan fingerprint density at radius 2 is 1.42 bits per heavy atom. The first kappa shape index (κ1) is 42.9. The Balaban J connectivity index is 1.22. The van der Waals surface area contributed by atoms with E-state index in [0.717, 1.165) is 0 Å². The normalized spacial score (nSPS) is 30.7. The molecule has 0 bridgehead atoms. The van der Waals surface area contributed by atoms with Crippen LogP contribution in [0, 0.1) is 16.7 Å². The number of phosphoric ester groups is 2. The summed E-state index contributed by atoms with van der Waals surface area (Å²) in [5, 5.41) is 0. The number of pyridine rings is 1. The van der Waals surface area contributed by atoms with Gasteiger partial charge in [0.1, 0.15) is 48.1 Å². The zero-order valence-corrected chi connectivity index (χ0v) is 34.8. The smallest absolute Gasteiger partial charge is 0.437 e. The van der Waals surface area contributed by atoms with E-state index in [4.69, 9.17) is 52.8 Å². The largest absolute Gasteiger partial charge is 0.478 e. The van der Waals surface area contributed by atoms with Gasteiger partial charge in [-0.15, -0.1) is 0 Å². The third kappa shape index (κ3) is 9.13. The van der Waals surface area contributed by atoms with Gasteiger partial charge in [0.05, 0.1) is 48.4 Å². The van der Waals surface area contributed by atoms with Gasteiger partial charge in [-0.1, -0.05) is 0 Å². The van der Waals surface area contributed by atoms with Crippen molar-refractivity contribution in [3.63, 3.8) is 0 Å². The first-order valence-corrected chi connectivity index (χ1v) is 21.5. The number of nitrogens with zero attached hydrogens (tertiary/aromatic N) is 7. The maximum absolute atomic E-state index is 16.9. The van der Waals surface area contributed by atoms with Crippen molar-refractivity contribution in [3.05, 3.63) is 31.2 Å². The molecule has 322 valence electrons. The fourth-order valence-electron chi connectivity index (χ4n) is 6.62. The number of nitrogens with two attached hydrogens (primary N) is 2. The van der Waals surface area contributed by atoms with E-state index in [1.807, 2.05) is 0 Å². The number of hydrogen-bond donors (Lipinski definition) is 2. The number of halogens is 1. The molecule has 0 radical (unpaired) electrons. The minimum Gasteiger partial charge on any atom is -0.437 e. The lowest BCUT2D eigenvalue weighted by Crippen LogP contribution is -2.34. The maximum Gasteiger partial charge on any atom is 0.478 e. The van der Waals surface area contributed by atoms with Crippen LogP contribution in [-0.2, 0) is 60.1 Å². The molecule has 3 unspecified atom stereocenters. The van der Waals surface area contributed by atoms with Gasteiger partial charge in [0.15, 0.2) is 17.1 Å². The van der Waals surface area contributed by atoms with Crippen LogP contribution in [0.3, 0.4) is 0 Å². The van der Waals surface area contributed by atoms with Crippen LogP contribution in [0.4, 0.5) is 15.9 Å². The van der Waals surface area contributed by atoms with E-state index in [2.05, 4.69) is 24.9 Å². The van der Waals surface area contributed by atoms with E-state index >= 15 is 4.39 Å². The molecule has 7 rings (SSSR count). The number of carbonyl (C=O) groups is 2. The van der Waals surface area contributed by atoms with E-state index in [1.54, 1.807) is 52.2 Å². The fraction of sp³-hybridized carbons (Fsp3) is 0.618. The first-order valence-electron chi connectivity index (χ1n) is 18.5. The number of alkyl halides is 1. The molecule has 1 saturated carbocycles. The van der Waals surface area contributed by atoms with Crippen LogP contribution < -0.4 is 11.5 Å². The zero-order valence-electron chi connectivity index (χ0n) is 33.0. The molecular weight excluding hydrogens is 823 g/mol. The summed E-state index contributed by atoms with van der Waals surface area (Å²) in [6.07, 6.45) is -1.66. The Kier molecular flexibility index (Phi) is 11.9. The van der Waals surface area contributed by atoms with Crippen LogP contribution in [-0.4, -0.2) is 97.3 Å². The zero-order chi connectivity index (χ0) is 42.5. The summed E-state index contributed by atoms with van der Waals surface area (Å²) in [6, 6.07) is 0.490. The first-order chi connectivity index (χ1) is 27.8. The van der Waals surface area contributed by atoms with Crippen LogP contribution in [0.2, 0.25) is 0 Å². The van der Waals surface area contributed by atoms with Crippen molar-refractivity contribution in [3.8, 4) is 0 Å². The summed E-state index contributed by atoms with van der Waals surface area (Å²) in [7, 11) is -9.62. The average Bonchev–Trinajstić information content (AvgIpc) is 3.95. The molecule has 2 saturated heterocycles. The highest BCUT2D eigenvalue weighted by Gasteiger charge is 2.53. The molecule has 3 aliphatic rings. The number of carbonyl (C=O) groups excluding carboxylic acids is 2. The van der Waals surface area contributed by atoms with Gasteiger partial charge in [-0.3, -0.25) is 32.3 Å². The monoisotopic (exact) mass is 869 g/mol. The van der Waals surface area contributed by atoms with Gasteiger partial charge in [-0.05, 0) is 54.0 Å². The van der Waals surface area contributed by atoms with E-state index in [0.29, 0.717) is 16.9 Å². The van der Waals surface area contributed by atoms with Crippen molar-refractivity contribution in [1.82, 2.24) is 34.1 Å². The number of imidazole rings is 2. The van der Waals surface area contributed by atoms with Crippen LogP contribution in [0.15, 0.2) is 31.2 Å². The van der Waals surface area contributed by atoms with Gasteiger partial charge in [0.25, 0.3) is 0 Å². The lowest BCUT2D eigenvalue weighted by Gasteiger charge is -2.30. The molecular formula is C34H46FN9O13P2. The van der Waals surface area contributed by atoms with Gasteiger partial charge < -0.3 is 30.2 Å². The SMILES string of the molecule is CC(C)(C)C(=O)OCOP1(=O)OC[C@H]2O[C@@H](n3cnc4c(N)ccnc43)C[C@H]2OP(=O)(OCOC(=O)C(C)(C)C)OC[C@H]2C[C@@H](n3cnc4c(N)ncnc43)C(F)[C@H]2O1. The predicted molar refractivity (Wildman–Crippen MR) is 202 cm³/mol.